The molecule has 0 saturated carbocycles. The van der Waals surface area contributed by atoms with Crippen molar-refractivity contribution in [2.24, 2.45) is 0 Å². The number of nitrogens with zero attached hydrogens (tertiary/aromatic N) is 2. The quantitative estimate of drug-likeness (QED) is 0.293. The molecule has 0 radical (unpaired) electrons. The van der Waals surface area contributed by atoms with Gasteiger partial charge in [-0.25, -0.2) is 0 Å². The van der Waals surface area contributed by atoms with E-state index in [1.807, 2.05) is 0 Å². The number of aromatic nitrogens is 1. The number of anilines is 1. The maximum Gasteiger partial charge on any atom is 0.416 e. The predicted octanol–water partition coefficient (Wildman–Crippen LogP) is 7.07. The van der Waals surface area contributed by atoms with Crippen molar-refractivity contribution in [3.8, 4) is 11.1 Å². The molecule has 174 valence electrons. The summed E-state index contributed by atoms with van der Waals surface area (Å²) in [5.41, 5.74) is -2.20. The van der Waals surface area contributed by atoms with E-state index in [1.165, 1.54) is 0 Å². The first-order valence-corrected chi connectivity index (χ1v) is 11.0. The van der Waals surface area contributed by atoms with E-state index < -0.39 is 34.8 Å². The van der Waals surface area contributed by atoms with Gasteiger partial charge in [0.15, 0.2) is 0 Å². The molecule has 1 aromatic carbocycles. The maximum atomic E-state index is 13.2. The minimum absolute atomic E-state index is 0.0206. The molecular formula is C23H18F6N2OS. The molecule has 0 spiro atoms. The minimum atomic E-state index is -5.02. The molecule has 33 heavy (non-hydrogen) atoms. The maximum absolute atomic E-state index is 13.2. The van der Waals surface area contributed by atoms with Gasteiger partial charge in [0.05, 0.1) is 21.0 Å². The van der Waals surface area contributed by atoms with Crippen LogP contribution < -0.4 is 4.90 Å². The Labute approximate surface area is 189 Å². The van der Waals surface area contributed by atoms with E-state index in [0.29, 0.717) is 17.7 Å². The van der Waals surface area contributed by atoms with Crippen molar-refractivity contribution in [2.45, 2.75) is 31.6 Å². The average molecular weight is 484 g/mol. The van der Waals surface area contributed by atoms with Crippen molar-refractivity contribution < 1.29 is 31.1 Å². The van der Waals surface area contributed by atoms with E-state index in [0.717, 1.165) is 54.3 Å². The van der Waals surface area contributed by atoms with E-state index in [4.69, 9.17) is 0 Å². The number of benzene rings is 1. The zero-order chi connectivity index (χ0) is 23.8. The summed E-state index contributed by atoms with van der Waals surface area (Å²) in [4.78, 5) is 19.3. The third-order valence-electron chi connectivity index (χ3n) is 5.42. The van der Waals surface area contributed by atoms with Gasteiger partial charge in [-0.1, -0.05) is 0 Å². The molecule has 1 aliphatic rings. The molecule has 4 rings (SSSR count). The van der Waals surface area contributed by atoms with Crippen molar-refractivity contribution >= 4 is 22.1 Å². The number of piperidine rings is 1. The van der Waals surface area contributed by atoms with Crippen molar-refractivity contribution in [3.63, 3.8) is 0 Å². The Balaban J connectivity index is 1.81. The first-order valence-electron chi connectivity index (χ1n) is 10.2. The second kappa shape index (κ2) is 8.81. The summed E-state index contributed by atoms with van der Waals surface area (Å²) in [6.07, 6.45) is -3.89. The van der Waals surface area contributed by atoms with E-state index in [1.54, 1.807) is 30.6 Å². The zero-order valence-corrected chi connectivity index (χ0v) is 17.9. The molecule has 3 aromatic rings. The fourth-order valence-electron chi connectivity index (χ4n) is 3.79. The summed E-state index contributed by atoms with van der Waals surface area (Å²) in [6.45, 7) is 1.52. The number of carbonyl (C=O) groups is 1. The minimum Gasteiger partial charge on any atom is -0.363 e. The first kappa shape index (κ1) is 23.3. The van der Waals surface area contributed by atoms with E-state index in [9.17, 15) is 31.1 Å². The van der Waals surface area contributed by atoms with E-state index >= 15 is 0 Å². The van der Waals surface area contributed by atoms with Crippen molar-refractivity contribution in [3.05, 3.63) is 70.4 Å². The smallest absolute Gasteiger partial charge is 0.363 e. The number of halogens is 6. The molecule has 0 N–H and O–H groups in total. The highest BCUT2D eigenvalue weighted by atomic mass is 32.1. The van der Waals surface area contributed by atoms with Gasteiger partial charge >= 0.3 is 12.4 Å². The summed E-state index contributed by atoms with van der Waals surface area (Å²) >= 11 is 1.08. The Bertz CT molecular complexity index is 1120. The van der Waals surface area contributed by atoms with Gasteiger partial charge in [-0.05, 0) is 61.2 Å². The van der Waals surface area contributed by atoms with Crippen molar-refractivity contribution in [2.75, 3.05) is 18.0 Å². The largest absolute Gasteiger partial charge is 0.416 e. The van der Waals surface area contributed by atoms with Gasteiger partial charge in [-0.2, -0.15) is 26.3 Å². The van der Waals surface area contributed by atoms with Crippen LogP contribution in [0.4, 0.5) is 31.3 Å². The van der Waals surface area contributed by atoms with Crippen LogP contribution in [-0.2, 0) is 12.4 Å². The van der Waals surface area contributed by atoms with Gasteiger partial charge in [0.1, 0.15) is 0 Å². The first-order chi connectivity index (χ1) is 15.5. The van der Waals surface area contributed by atoms with Gasteiger partial charge in [-0.3, -0.25) is 9.78 Å². The van der Waals surface area contributed by atoms with E-state index in [-0.39, 0.29) is 10.9 Å². The standard InChI is InChI=1S/C23H18F6N2OS/c24-22(25,26)16-10-15(11-17(12-16)23(27,28)29)20(32)19-13-18(14-4-6-30-7-5-14)21(33-19)31-8-2-1-3-9-31/h4-7,10-13H,1-3,8-9H2. The molecule has 3 nitrogen and oxygen atoms in total. The predicted molar refractivity (Wildman–Crippen MR) is 113 cm³/mol. The van der Waals surface area contributed by atoms with Crippen LogP contribution in [0.25, 0.3) is 11.1 Å². The summed E-state index contributed by atoms with van der Waals surface area (Å²) < 4.78 is 79.5. The fraction of sp³-hybridized carbons (Fsp3) is 0.304. The highest BCUT2D eigenvalue weighted by molar-refractivity contribution is 7.18. The van der Waals surface area contributed by atoms with Crippen LogP contribution in [0.2, 0.25) is 0 Å². The van der Waals surface area contributed by atoms with Crippen LogP contribution in [0.3, 0.4) is 0 Å². The summed E-state index contributed by atoms with van der Waals surface area (Å²) in [6, 6.07) is 6.01. The highest BCUT2D eigenvalue weighted by Crippen LogP contribution is 2.42. The normalized spacial score (nSPS) is 15.0. The van der Waals surface area contributed by atoms with Gasteiger partial charge in [0.25, 0.3) is 0 Å². The number of ketones is 1. The number of pyridine rings is 1. The SMILES string of the molecule is O=C(c1cc(C(F)(F)F)cc(C(F)(F)F)c1)c1cc(-c2ccncc2)c(N2CCCCC2)s1. The number of thiophene rings is 1. The lowest BCUT2D eigenvalue weighted by atomic mass is 10.0. The van der Waals surface area contributed by atoms with E-state index in [2.05, 4.69) is 9.88 Å². The lowest BCUT2D eigenvalue weighted by Crippen LogP contribution is -2.28. The Morgan fingerprint density at radius 3 is 1.97 bits per heavy atom. The Hall–Kier alpha value is -2.88. The number of alkyl halides is 6. The van der Waals surface area contributed by atoms with Crippen molar-refractivity contribution in [1.82, 2.24) is 4.98 Å². The third kappa shape index (κ3) is 5.05. The molecule has 2 aromatic heterocycles. The molecule has 10 heteroatoms. The molecule has 1 fully saturated rings. The Morgan fingerprint density at radius 1 is 0.848 bits per heavy atom. The number of rotatable bonds is 4. The average Bonchev–Trinajstić information content (AvgIpc) is 3.24. The molecule has 0 amide bonds. The molecular weight excluding hydrogens is 466 g/mol. The van der Waals surface area contributed by atoms with Crippen LogP contribution in [0, 0.1) is 0 Å². The fourth-order valence-corrected chi connectivity index (χ4v) is 4.99. The van der Waals surface area contributed by atoms with Crippen LogP contribution in [0.1, 0.15) is 45.6 Å². The van der Waals surface area contributed by atoms with Gasteiger partial charge < -0.3 is 4.90 Å². The third-order valence-corrected chi connectivity index (χ3v) is 6.62. The number of carbonyl (C=O) groups excluding carboxylic acids is 1. The lowest BCUT2D eigenvalue weighted by Gasteiger charge is -2.28. The molecule has 0 bridgehead atoms. The van der Waals surface area contributed by atoms with Gasteiger partial charge in [-0.15, -0.1) is 11.3 Å². The van der Waals surface area contributed by atoms with Crippen molar-refractivity contribution in [1.29, 1.82) is 0 Å². The lowest BCUT2D eigenvalue weighted by molar-refractivity contribution is -0.143. The van der Waals surface area contributed by atoms with Gasteiger partial charge in [0, 0.05) is 36.6 Å². The van der Waals surface area contributed by atoms with Crippen LogP contribution in [-0.4, -0.2) is 23.9 Å². The molecule has 0 atom stereocenters. The molecule has 1 saturated heterocycles. The molecule has 0 unspecified atom stereocenters. The highest BCUT2D eigenvalue weighted by Gasteiger charge is 2.38. The van der Waals surface area contributed by atoms with Crippen LogP contribution >= 0.6 is 11.3 Å². The molecule has 0 aliphatic carbocycles. The monoisotopic (exact) mass is 484 g/mol. The van der Waals surface area contributed by atoms with Crippen LogP contribution in [0.5, 0.6) is 0 Å². The Kier molecular flexibility index (Phi) is 6.22. The summed E-state index contributed by atoms with van der Waals surface area (Å²) in [5, 5.41) is 0.771. The van der Waals surface area contributed by atoms with Gasteiger partial charge in [0.2, 0.25) is 5.78 Å². The molecule has 3 heterocycles. The second-order valence-electron chi connectivity index (χ2n) is 7.74. The second-order valence-corrected chi connectivity index (χ2v) is 8.77. The summed E-state index contributed by atoms with van der Waals surface area (Å²) in [5.74, 6) is -0.879. The number of hydrogen-bond donors (Lipinski definition) is 0. The Morgan fingerprint density at radius 2 is 1.42 bits per heavy atom. The molecule has 1 aliphatic heterocycles. The zero-order valence-electron chi connectivity index (χ0n) is 17.1. The summed E-state index contributed by atoms with van der Waals surface area (Å²) in [7, 11) is 0. The topological polar surface area (TPSA) is 33.2 Å². The van der Waals surface area contributed by atoms with Crippen LogP contribution in [0.15, 0.2) is 48.8 Å². The number of hydrogen-bond acceptors (Lipinski definition) is 4.